The normalized spacial score (nSPS) is 20.2. The van der Waals surface area contributed by atoms with Gasteiger partial charge in [-0.25, -0.2) is 0 Å². The number of carbonyl (C=O) groups is 1. The van der Waals surface area contributed by atoms with E-state index in [2.05, 4.69) is 40.5 Å². The molecule has 0 saturated carbocycles. The lowest BCUT2D eigenvalue weighted by molar-refractivity contribution is -0.116. The summed E-state index contributed by atoms with van der Waals surface area (Å²) in [6.45, 7) is 4.30. The van der Waals surface area contributed by atoms with Gasteiger partial charge in [0.2, 0.25) is 0 Å². The summed E-state index contributed by atoms with van der Waals surface area (Å²) in [7, 11) is 0. The lowest BCUT2D eigenvalue weighted by atomic mass is 9.75. The van der Waals surface area contributed by atoms with Crippen LogP contribution in [0.25, 0.3) is 5.57 Å². The van der Waals surface area contributed by atoms with Crippen LogP contribution in [0.3, 0.4) is 0 Å². The Bertz CT molecular complexity index is 429. The van der Waals surface area contributed by atoms with Crippen LogP contribution in [0.5, 0.6) is 0 Å². The van der Waals surface area contributed by atoms with Gasteiger partial charge in [-0.3, -0.25) is 4.79 Å². The first-order valence-corrected chi connectivity index (χ1v) is 6.67. The Morgan fingerprint density at radius 1 is 1.33 bits per heavy atom. The first-order chi connectivity index (χ1) is 6.98. The molecule has 0 atom stereocenters. The van der Waals surface area contributed by atoms with Crippen LogP contribution in [-0.4, -0.2) is 5.78 Å². The van der Waals surface area contributed by atoms with Gasteiger partial charge in [0.25, 0.3) is 0 Å². The van der Waals surface area contributed by atoms with Gasteiger partial charge in [-0.1, -0.05) is 13.8 Å². The first kappa shape index (κ1) is 11.1. The Kier molecular flexibility index (Phi) is 2.86. The predicted molar refractivity (Wildman–Crippen MR) is 68.0 cm³/mol. The number of hydrogen-bond acceptors (Lipinski definition) is 2. The summed E-state index contributed by atoms with van der Waals surface area (Å²) in [5.41, 5.74) is 2.45. The van der Waals surface area contributed by atoms with Gasteiger partial charge in [-0.2, -0.15) is 11.3 Å². The third-order valence-electron chi connectivity index (χ3n) is 2.62. The van der Waals surface area contributed by atoms with Gasteiger partial charge in [0.15, 0.2) is 5.78 Å². The summed E-state index contributed by atoms with van der Waals surface area (Å²) in [6, 6.07) is 0. The summed E-state index contributed by atoms with van der Waals surface area (Å²) in [6.07, 6.45) is 3.45. The molecule has 0 saturated heterocycles. The van der Waals surface area contributed by atoms with Gasteiger partial charge in [-0.15, -0.1) is 0 Å². The number of allylic oxidation sites excluding steroid dienone is 2. The summed E-state index contributed by atoms with van der Waals surface area (Å²) in [4.78, 5) is 11.6. The van der Waals surface area contributed by atoms with Crippen LogP contribution in [0.2, 0.25) is 0 Å². The van der Waals surface area contributed by atoms with Crippen LogP contribution in [0, 0.1) is 5.41 Å². The third-order valence-corrected chi connectivity index (χ3v) is 4.32. The van der Waals surface area contributed by atoms with E-state index < -0.39 is 0 Å². The van der Waals surface area contributed by atoms with Crippen LogP contribution in [0.1, 0.15) is 32.3 Å². The molecule has 0 fully saturated rings. The average molecular weight is 285 g/mol. The van der Waals surface area contributed by atoms with Crippen molar-refractivity contribution < 1.29 is 4.79 Å². The van der Waals surface area contributed by atoms with E-state index in [0.29, 0.717) is 6.42 Å². The SMILES string of the molecule is CC1(C)CC(=O)C=C(c2cscc2Br)C1. The maximum Gasteiger partial charge on any atom is 0.156 e. The molecule has 1 aromatic rings. The van der Waals surface area contributed by atoms with Gasteiger partial charge in [0.1, 0.15) is 0 Å². The maximum atomic E-state index is 11.6. The Balaban J connectivity index is 2.38. The zero-order valence-corrected chi connectivity index (χ0v) is 11.2. The van der Waals surface area contributed by atoms with Gasteiger partial charge in [-0.05, 0) is 44.8 Å². The van der Waals surface area contributed by atoms with E-state index in [1.54, 1.807) is 17.4 Å². The molecule has 1 nitrogen and oxygen atoms in total. The molecule has 0 amide bonds. The van der Waals surface area contributed by atoms with Crippen LogP contribution >= 0.6 is 27.3 Å². The molecule has 2 rings (SSSR count). The van der Waals surface area contributed by atoms with Crippen molar-refractivity contribution in [2.75, 3.05) is 0 Å². The molecule has 3 heteroatoms. The van der Waals surface area contributed by atoms with E-state index in [1.165, 1.54) is 11.1 Å². The number of carbonyl (C=O) groups excluding carboxylic acids is 1. The average Bonchev–Trinajstić information content (AvgIpc) is 2.47. The fourth-order valence-electron chi connectivity index (χ4n) is 2.03. The van der Waals surface area contributed by atoms with Gasteiger partial charge < -0.3 is 0 Å². The number of thiophene rings is 1. The number of ketones is 1. The fourth-order valence-corrected chi connectivity index (χ4v) is 3.60. The molecule has 1 heterocycles. The second-order valence-corrected chi connectivity index (χ2v) is 6.38. The van der Waals surface area contributed by atoms with E-state index in [4.69, 9.17) is 0 Å². The van der Waals surface area contributed by atoms with Crippen molar-refractivity contribution in [2.45, 2.75) is 26.7 Å². The second-order valence-electron chi connectivity index (χ2n) is 4.79. The predicted octanol–water partition coefficient (Wildman–Crippen LogP) is 4.28. The maximum absolute atomic E-state index is 11.6. The smallest absolute Gasteiger partial charge is 0.156 e. The summed E-state index contributed by atoms with van der Waals surface area (Å²) >= 11 is 5.18. The van der Waals surface area contributed by atoms with Crippen molar-refractivity contribution in [1.29, 1.82) is 0 Å². The molecule has 0 bridgehead atoms. The standard InChI is InChI=1S/C12H13BrOS/c1-12(2)4-8(3-9(14)5-12)10-6-15-7-11(10)13/h3,6-7H,4-5H2,1-2H3. The summed E-state index contributed by atoms with van der Waals surface area (Å²) in [5.74, 6) is 0.249. The van der Waals surface area contributed by atoms with Crippen molar-refractivity contribution >= 4 is 38.6 Å². The number of hydrogen-bond donors (Lipinski definition) is 0. The van der Waals surface area contributed by atoms with E-state index in [9.17, 15) is 4.79 Å². The molecule has 1 aliphatic rings. The highest BCUT2D eigenvalue weighted by molar-refractivity contribution is 9.10. The molecule has 1 aliphatic carbocycles. The van der Waals surface area contributed by atoms with E-state index >= 15 is 0 Å². The van der Waals surface area contributed by atoms with Crippen molar-refractivity contribution in [3.05, 3.63) is 26.9 Å². The van der Waals surface area contributed by atoms with Gasteiger partial charge >= 0.3 is 0 Å². The van der Waals surface area contributed by atoms with Crippen molar-refractivity contribution in [3.63, 3.8) is 0 Å². The number of halogens is 1. The minimum Gasteiger partial charge on any atom is -0.295 e. The lowest BCUT2D eigenvalue weighted by Crippen LogP contribution is -2.21. The molecule has 15 heavy (non-hydrogen) atoms. The number of rotatable bonds is 1. The Labute approximate surface area is 102 Å². The molecular formula is C12H13BrOS. The highest BCUT2D eigenvalue weighted by Gasteiger charge is 2.28. The molecule has 0 aromatic carbocycles. The molecule has 80 valence electrons. The zero-order valence-electron chi connectivity index (χ0n) is 8.84. The molecular weight excluding hydrogens is 272 g/mol. The molecule has 0 radical (unpaired) electrons. The molecule has 1 aromatic heterocycles. The monoisotopic (exact) mass is 284 g/mol. The van der Waals surface area contributed by atoms with Gasteiger partial charge in [0, 0.05) is 21.8 Å². The second kappa shape index (κ2) is 3.87. The van der Waals surface area contributed by atoms with E-state index in [1.807, 2.05) is 0 Å². The zero-order chi connectivity index (χ0) is 11.1. The van der Waals surface area contributed by atoms with Crippen molar-refractivity contribution in [2.24, 2.45) is 5.41 Å². The van der Waals surface area contributed by atoms with Crippen molar-refractivity contribution in [3.8, 4) is 0 Å². The largest absolute Gasteiger partial charge is 0.295 e. The Hall–Kier alpha value is -0.410. The van der Waals surface area contributed by atoms with Crippen LogP contribution in [0.4, 0.5) is 0 Å². The topological polar surface area (TPSA) is 17.1 Å². The van der Waals surface area contributed by atoms with Crippen LogP contribution in [-0.2, 0) is 4.79 Å². The minimum absolute atomic E-state index is 0.0997. The minimum atomic E-state index is 0.0997. The lowest BCUT2D eigenvalue weighted by Gasteiger charge is -2.28. The summed E-state index contributed by atoms with van der Waals surface area (Å²) in [5, 5.41) is 4.16. The fraction of sp³-hybridized carbons (Fsp3) is 0.417. The molecule has 0 aliphatic heterocycles. The molecule has 0 spiro atoms. The quantitative estimate of drug-likeness (QED) is 0.752. The highest BCUT2D eigenvalue weighted by Crippen LogP contribution is 2.40. The van der Waals surface area contributed by atoms with Crippen molar-refractivity contribution in [1.82, 2.24) is 0 Å². The van der Waals surface area contributed by atoms with E-state index in [-0.39, 0.29) is 11.2 Å². The first-order valence-electron chi connectivity index (χ1n) is 4.93. The third kappa shape index (κ3) is 2.40. The van der Waals surface area contributed by atoms with E-state index in [0.717, 1.165) is 10.9 Å². The molecule has 0 unspecified atom stereocenters. The Morgan fingerprint density at radius 3 is 2.60 bits per heavy atom. The van der Waals surface area contributed by atoms with Crippen LogP contribution in [0.15, 0.2) is 21.3 Å². The highest BCUT2D eigenvalue weighted by atomic mass is 79.9. The van der Waals surface area contributed by atoms with Gasteiger partial charge in [0.05, 0.1) is 0 Å². The molecule has 0 N–H and O–H groups in total. The summed E-state index contributed by atoms with van der Waals surface area (Å²) < 4.78 is 1.10. The Morgan fingerprint density at radius 2 is 2.07 bits per heavy atom. The van der Waals surface area contributed by atoms with Crippen LogP contribution < -0.4 is 0 Å².